The zero-order valence-electron chi connectivity index (χ0n) is 11.6. The minimum Gasteiger partial charge on any atom is -0.383 e. The highest BCUT2D eigenvalue weighted by Gasteiger charge is 2.06. The average molecular weight is 250 g/mol. The fraction of sp³-hybridized carbons (Fsp3) is 0.643. The van der Waals surface area contributed by atoms with Crippen LogP contribution in [0.2, 0.25) is 0 Å². The van der Waals surface area contributed by atoms with Crippen molar-refractivity contribution in [3.63, 3.8) is 0 Å². The van der Waals surface area contributed by atoms with E-state index in [1.165, 1.54) is 12.8 Å². The van der Waals surface area contributed by atoms with Crippen molar-refractivity contribution >= 4 is 11.4 Å². The van der Waals surface area contributed by atoms with Gasteiger partial charge in [0.25, 0.3) is 0 Å². The summed E-state index contributed by atoms with van der Waals surface area (Å²) in [4.78, 5) is 4.27. The van der Waals surface area contributed by atoms with E-state index in [2.05, 4.69) is 29.5 Å². The van der Waals surface area contributed by atoms with Crippen molar-refractivity contribution in [2.45, 2.75) is 46.1 Å². The van der Waals surface area contributed by atoms with Crippen LogP contribution in [-0.2, 0) is 6.54 Å². The number of hydrogen-bond acceptors (Lipinski definition) is 4. The third kappa shape index (κ3) is 4.53. The van der Waals surface area contributed by atoms with E-state index in [-0.39, 0.29) is 0 Å². The number of anilines is 2. The zero-order chi connectivity index (χ0) is 13.2. The minimum atomic E-state index is 0.533. The summed E-state index contributed by atoms with van der Waals surface area (Å²) in [5.41, 5.74) is 9.11. The van der Waals surface area contributed by atoms with Crippen molar-refractivity contribution in [3.8, 4) is 0 Å². The summed E-state index contributed by atoms with van der Waals surface area (Å²) in [7, 11) is 0. The fourth-order valence-electron chi connectivity index (χ4n) is 1.81. The zero-order valence-corrected chi connectivity index (χ0v) is 11.6. The van der Waals surface area contributed by atoms with E-state index >= 15 is 0 Å². The first-order valence-corrected chi connectivity index (χ1v) is 6.98. The van der Waals surface area contributed by atoms with Gasteiger partial charge in [-0.2, -0.15) is 0 Å². The highest BCUT2D eigenvalue weighted by Crippen LogP contribution is 2.22. The standard InChI is InChI=1S/C14H26N4/c1-3-5-7-17-13-10-16-11-14(12(13)9-15)18-8-6-4-2/h10-11,17-18H,3-9,15H2,1-2H3. The van der Waals surface area contributed by atoms with Gasteiger partial charge in [0.05, 0.1) is 23.8 Å². The first-order valence-electron chi connectivity index (χ1n) is 6.98. The molecule has 0 fully saturated rings. The summed E-state index contributed by atoms with van der Waals surface area (Å²) in [5.74, 6) is 0. The van der Waals surface area contributed by atoms with Crippen LogP contribution in [0.25, 0.3) is 0 Å². The molecule has 102 valence electrons. The van der Waals surface area contributed by atoms with E-state index in [0.717, 1.165) is 42.9 Å². The lowest BCUT2D eigenvalue weighted by Gasteiger charge is -2.15. The quantitative estimate of drug-likeness (QED) is 0.590. The van der Waals surface area contributed by atoms with Crippen molar-refractivity contribution in [1.82, 2.24) is 4.98 Å². The Morgan fingerprint density at radius 3 is 1.89 bits per heavy atom. The molecule has 0 saturated heterocycles. The molecule has 4 heteroatoms. The van der Waals surface area contributed by atoms with Crippen LogP contribution in [0, 0.1) is 0 Å². The van der Waals surface area contributed by atoms with Gasteiger partial charge in [0.15, 0.2) is 0 Å². The molecule has 1 aromatic heterocycles. The molecule has 0 bridgehead atoms. The van der Waals surface area contributed by atoms with E-state index in [1.54, 1.807) is 0 Å². The lowest BCUT2D eigenvalue weighted by Crippen LogP contribution is -2.12. The second kappa shape index (κ2) is 8.75. The summed E-state index contributed by atoms with van der Waals surface area (Å²) in [6.45, 7) is 6.86. The van der Waals surface area contributed by atoms with Gasteiger partial charge in [0, 0.05) is 25.2 Å². The molecule has 0 aliphatic rings. The third-order valence-corrected chi connectivity index (χ3v) is 2.95. The summed E-state index contributed by atoms with van der Waals surface area (Å²) >= 11 is 0. The van der Waals surface area contributed by atoms with Crippen LogP contribution in [-0.4, -0.2) is 18.1 Å². The van der Waals surface area contributed by atoms with Crippen LogP contribution in [0.3, 0.4) is 0 Å². The molecule has 4 N–H and O–H groups in total. The van der Waals surface area contributed by atoms with Crippen molar-refractivity contribution in [2.24, 2.45) is 5.73 Å². The molecule has 0 aliphatic heterocycles. The maximum atomic E-state index is 5.85. The summed E-state index contributed by atoms with van der Waals surface area (Å²) in [6.07, 6.45) is 8.43. The Bertz CT molecular complexity index is 310. The second-order valence-electron chi connectivity index (χ2n) is 4.48. The number of rotatable bonds is 9. The largest absolute Gasteiger partial charge is 0.383 e. The van der Waals surface area contributed by atoms with Gasteiger partial charge in [-0.1, -0.05) is 26.7 Å². The van der Waals surface area contributed by atoms with Crippen molar-refractivity contribution in [3.05, 3.63) is 18.0 Å². The third-order valence-electron chi connectivity index (χ3n) is 2.95. The molecule has 4 nitrogen and oxygen atoms in total. The normalized spacial score (nSPS) is 10.4. The van der Waals surface area contributed by atoms with Crippen LogP contribution in [0.15, 0.2) is 12.4 Å². The van der Waals surface area contributed by atoms with Gasteiger partial charge in [-0.25, -0.2) is 0 Å². The predicted molar refractivity (Wildman–Crippen MR) is 78.9 cm³/mol. The lowest BCUT2D eigenvalue weighted by atomic mass is 10.1. The molecule has 0 aliphatic carbocycles. The fourth-order valence-corrected chi connectivity index (χ4v) is 1.81. The molecular weight excluding hydrogens is 224 g/mol. The van der Waals surface area contributed by atoms with Crippen LogP contribution in [0.5, 0.6) is 0 Å². The van der Waals surface area contributed by atoms with E-state index < -0.39 is 0 Å². The van der Waals surface area contributed by atoms with Gasteiger partial charge in [-0.05, 0) is 12.8 Å². The number of aromatic nitrogens is 1. The van der Waals surface area contributed by atoms with Gasteiger partial charge >= 0.3 is 0 Å². The number of unbranched alkanes of at least 4 members (excludes halogenated alkanes) is 2. The molecule has 0 spiro atoms. The smallest absolute Gasteiger partial charge is 0.0593 e. The number of pyridine rings is 1. The topological polar surface area (TPSA) is 63.0 Å². The Balaban J connectivity index is 2.68. The Morgan fingerprint density at radius 1 is 1.00 bits per heavy atom. The predicted octanol–water partition coefficient (Wildman–Crippen LogP) is 2.96. The van der Waals surface area contributed by atoms with E-state index in [1.807, 2.05) is 12.4 Å². The van der Waals surface area contributed by atoms with Crippen molar-refractivity contribution in [2.75, 3.05) is 23.7 Å². The molecule has 0 radical (unpaired) electrons. The van der Waals surface area contributed by atoms with Crippen LogP contribution in [0.1, 0.15) is 45.1 Å². The number of nitrogens with zero attached hydrogens (tertiary/aromatic N) is 1. The molecule has 0 unspecified atom stereocenters. The Kier molecular flexibility index (Phi) is 7.18. The Morgan fingerprint density at radius 2 is 1.50 bits per heavy atom. The van der Waals surface area contributed by atoms with Gasteiger partial charge in [-0.3, -0.25) is 4.98 Å². The number of nitrogens with one attached hydrogen (secondary N) is 2. The molecule has 0 aromatic carbocycles. The van der Waals surface area contributed by atoms with Gasteiger partial charge in [0.2, 0.25) is 0 Å². The van der Waals surface area contributed by atoms with E-state index in [9.17, 15) is 0 Å². The van der Waals surface area contributed by atoms with Crippen LogP contribution in [0.4, 0.5) is 11.4 Å². The molecule has 18 heavy (non-hydrogen) atoms. The van der Waals surface area contributed by atoms with Crippen LogP contribution >= 0.6 is 0 Å². The molecule has 0 saturated carbocycles. The van der Waals surface area contributed by atoms with Crippen molar-refractivity contribution in [1.29, 1.82) is 0 Å². The summed E-state index contributed by atoms with van der Waals surface area (Å²) in [6, 6.07) is 0. The van der Waals surface area contributed by atoms with Gasteiger partial charge in [0.1, 0.15) is 0 Å². The molecule has 1 aromatic rings. The first-order chi connectivity index (χ1) is 8.83. The molecular formula is C14H26N4. The maximum Gasteiger partial charge on any atom is 0.0593 e. The summed E-state index contributed by atoms with van der Waals surface area (Å²) in [5, 5.41) is 6.83. The summed E-state index contributed by atoms with van der Waals surface area (Å²) < 4.78 is 0. The maximum absolute atomic E-state index is 5.85. The first kappa shape index (κ1) is 14.8. The monoisotopic (exact) mass is 250 g/mol. The Labute approximate surface area is 110 Å². The SMILES string of the molecule is CCCCNc1cncc(NCCCC)c1CN. The Hall–Kier alpha value is -1.29. The second-order valence-corrected chi connectivity index (χ2v) is 4.48. The minimum absolute atomic E-state index is 0.533. The number of hydrogen-bond donors (Lipinski definition) is 3. The van der Waals surface area contributed by atoms with E-state index in [4.69, 9.17) is 5.73 Å². The lowest BCUT2D eigenvalue weighted by molar-refractivity contribution is 0.827. The van der Waals surface area contributed by atoms with Crippen molar-refractivity contribution < 1.29 is 0 Å². The highest BCUT2D eigenvalue weighted by molar-refractivity contribution is 5.63. The molecule has 1 rings (SSSR count). The highest BCUT2D eigenvalue weighted by atomic mass is 14.9. The molecule has 0 amide bonds. The number of nitrogens with two attached hydrogens (primary N) is 1. The van der Waals surface area contributed by atoms with Gasteiger partial charge in [-0.15, -0.1) is 0 Å². The van der Waals surface area contributed by atoms with Crippen LogP contribution < -0.4 is 16.4 Å². The van der Waals surface area contributed by atoms with Gasteiger partial charge < -0.3 is 16.4 Å². The average Bonchev–Trinajstić information content (AvgIpc) is 2.39. The van der Waals surface area contributed by atoms with E-state index in [0.29, 0.717) is 6.54 Å². The molecule has 1 heterocycles. The molecule has 0 atom stereocenters.